The standard InChI is InChI=1S/C13H17N5O/c1-9-7-10(13(14)17-19)3-4-11(9)8-15-12-5-6-18(2)16-12/h3-7,19H,8H2,1-2H3,(H2,14,17)(H,15,16). The zero-order valence-electron chi connectivity index (χ0n) is 11.0. The third kappa shape index (κ3) is 3.04. The van der Waals surface area contributed by atoms with Crippen LogP contribution in [0.5, 0.6) is 0 Å². The summed E-state index contributed by atoms with van der Waals surface area (Å²) >= 11 is 0. The molecule has 1 heterocycles. The highest BCUT2D eigenvalue weighted by atomic mass is 16.4. The number of anilines is 1. The van der Waals surface area contributed by atoms with Gasteiger partial charge in [-0.2, -0.15) is 5.10 Å². The van der Waals surface area contributed by atoms with E-state index >= 15 is 0 Å². The van der Waals surface area contributed by atoms with Crippen molar-refractivity contribution in [2.45, 2.75) is 13.5 Å². The SMILES string of the molecule is Cc1cc(/C(N)=N/O)ccc1CNc1ccn(C)n1. The number of nitrogens with one attached hydrogen (secondary N) is 1. The van der Waals surface area contributed by atoms with Gasteiger partial charge in [0, 0.05) is 31.4 Å². The Kier molecular flexibility index (Phi) is 3.70. The molecule has 1 aromatic heterocycles. The molecule has 0 atom stereocenters. The second kappa shape index (κ2) is 5.43. The fourth-order valence-corrected chi connectivity index (χ4v) is 1.81. The molecule has 6 nitrogen and oxygen atoms in total. The summed E-state index contributed by atoms with van der Waals surface area (Å²) in [6.45, 7) is 2.67. The van der Waals surface area contributed by atoms with Gasteiger partial charge in [-0.25, -0.2) is 0 Å². The van der Waals surface area contributed by atoms with Gasteiger partial charge in [-0.3, -0.25) is 4.68 Å². The molecule has 0 saturated heterocycles. The van der Waals surface area contributed by atoms with Crippen LogP contribution >= 0.6 is 0 Å². The van der Waals surface area contributed by atoms with Gasteiger partial charge in [0.15, 0.2) is 5.84 Å². The smallest absolute Gasteiger partial charge is 0.170 e. The maximum absolute atomic E-state index is 8.64. The first-order valence-corrected chi connectivity index (χ1v) is 5.91. The van der Waals surface area contributed by atoms with Crippen molar-refractivity contribution < 1.29 is 5.21 Å². The monoisotopic (exact) mass is 259 g/mol. The van der Waals surface area contributed by atoms with Crippen molar-refractivity contribution >= 4 is 11.7 Å². The van der Waals surface area contributed by atoms with Gasteiger partial charge in [-0.1, -0.05) is 17.3 Å². The molecule has 0 amide bonds. The molecule has 100 valence electrons. The maximum Gasteiger partial charge on any atom is 0.170 e. The highest BCUT2D eigenvalue weighted by molar-refractivity contribution is 5.97. The number of hydrogen-bond donors (Lipinski definition) is 3. The molecular formula is C13H17N5O. The fraction of sp³-hybridized carbons (Fsp3) is 0.231. The Bertz CT molecular complexity index is 603. The first-order valence-electron chi connectivity index (χ1n) is 5.91. The van der Waals surface area contributed by atoms with E-state index in [0.717, 1.165) is 16.9 Å². The van der Waals surface area contributed by atoms with Crippen molar-refractivity contribution in [1.29, 1.82) is 0 Å². The van der Waals surface area contributed by atoms with Gasteiger partial charge >= 0.3 is 0 Å². The summed E-state index contributed by atoms with van der Waals surface area (Å²) < 4.78 is 1.75. The van der Waals surface area contributed by atoms with E-state index in [9.17, 15) is 0 Å². The van der Waals surface area contributed by atoms with Crippen LogP contribution in [-0.4, -0.2) is 20.8 Å². The van der Waals surface area contributed by atoms with Gasteiger partial charge in [-0.15, -0.1) is 0 Å². The molecular weight excluding hydrogens is 242 g/mol. The van der Waals surface area contributed by atoms with Crippen LogP contribution in [0, 0.1) is 6.92 Å². The topological polar surface area (TPSA) is 88.5 Å². The number of nitrogens with two attached hydrogens (primary N) is 1. The van der Waals surface area contributed by atoms with Gasteiger partial charge in [0.2, 0.25) is 0 Å². The van der Waals surface area contributed by atoms with E-state index in [1.54, 1.807) is 4.68 Å². The molecule has 0 aliphatic heterocycles. The van der Waals surface area contributed by atoms with E-state index < -0.39 is 0 Å². The van der Waals surface area contributed by atoms with Gasteiger partial charge in [0.1, 0.15) is 5.82 Å². The number of aromatic nitrogens is 2. The summed E-state index contributed by atoms with van der Waals surface area (Å²) in [6, 6.07) is 7.60. The molecule has 0 unspecified atom stereocenters. The molecule has 0 aliphatic rings. The third-order valence-corrected chi connectivity index (χ3v) is 2.92. The molecule has 6 heteroatoms. The molecule has 19 heavy (non-hydrogen) atoms. The Labute approximate surface area is 111 Å². The van der Waals surface area contributed by atoms with Gasteiger partial charge in [0.05, 0.1) is 0 Å². The first kappa shape index (κ1) is 12.9. The normalized spacial score (nSPS) is 11.6. The van der Waals surface area contributed by atoms with Crippen molar-refractivity contribution in [3.63, 3.8) is 0 Å². The predicted octanol–water partition coefficient (Wildman–Crippen LogP) is 1.44. The Hall–Kier alpha value is -2.50. The van der Waals surface area contributed by atoms with Gasteiger partial charge in [-0.05, 0) is 24.1 Å². The van der Waals surface area contributed by atoms with Crippen LogP contribution in [-0.2, 0) is 13.6 Å². The average Bonchev–Trinajstić information content (AvgIpc) is 2.82. The average molecular weight is 259 g/mol. The highest BCUT2D eigenvalue weighted by Crippen LogP contribution is 2.13. The molecule has 0 bridgehead atoms. The summed E-state index contributed by atoms with van der Waals surface area (Å²) in [7, 11) is 1.88. The summed E-state index contributed by atoms with van der Waals surface area (Å²) in [5, 5.41) is 19.1. The molecule has 0 radical (unpaired) electrons. The molecule has 0 aliphatic carbocycles. The number of amidine groups is 1. The Balaban J connectivity index is 2.09. The van der Waals surface area contributed by atoms with Crippen LogP contribution < -0.4 is 11.1 Å². The molecule has 2 rings (SSSR count). The van der Waals surface area contributed by atoms with Crippen LogP contribution in [0.3, 0.4) is 0 Å². The maximum atomic E-state index is 8.64. The van der Waals surface area contributed by atoms with E-state index in [-0.39, 0.29) is 5.84 Å². The van der Waals surface area contributed by atoms with Crippen molar-refractivity contribution in [3.05, 3.63) is 47.2 Å². The highest BCUT2D eigenvalue weighted by Gasteiger charge is 2.04. The lowest BCUT2D eigenvalue weighted by molar-refractivity contribution is 0.318. The van der Waals surface area contributed by atoms with Gasteiger partial charge < -0.3 is 16.3 Å². The summed E-state index contributed by atoms with van der Waals surface area (Å²) in [5.74, 6) is 0.953. The fourth-order valence-electron chi connectivity index (χ4n) is 1.81. The number of aryl methyl sites for hydroxylation is 2. The quantitative estimate of drug-likeness (QED) is 0.335. The lowest BCUT2D eigenvalue weighted by Crippen LogP contribution is -2.13. The second-order valence-corrected chi connectivity index (χ2v) is 4.35. The van der Waals surface area contributed by atoms with Crippen molar-refractivity contribution in [3.8, 4) is 0 Å². The second-order valence-electron chi connectivity index (χ2n) is 4.35. The van der Waals surface area contributed by atoms with Crippen molar-refractivity contribution in [1.82, 2.24) is 9.78 Å². The van der Waals surface area contributed by atoms with Crippen molar-refractivity contribution in [2.24, 2.45) is 17.9 Å². The summed E-state index contributed by atoms with van der Waals surface area (Å²) in [5.41, 5.74) is 8.48. The number of oxime groups is 1. The molecule has 1 aromatic carbocycles. The van der Waals surface area contributed by atoms with Crippen LogP contribution in [0.15, 0.2) is 35.6 Å². The number of benzene rings is 1. The lowest BCUT2D eigenvalue weighted by Gasteiger charge is -2.08. The Morgan fingerprint density at radius 2 is 2.26 bits per heavy atom. The van der Waals surface area contributed by atoms with E-state index in [4.69, 9.17) is 10.9 Å². The first-order chi connectivity index (χ1) is 9.10. The number of hydrogen-bond acceptors (Lipinski definition) is 4. The number of rotatable bonds is 4. The largest absolute Gasteiger partial charge is 0.409 e. The minimum Gasteiger partial charge on any atom is -0.409 e. The summed E-state index contributed by atoms with van der Waals surface area (Å²) in [4.78, 5) is 0. The van der Waals surface area contributed by atoms with Gasteiger partial charge in [0.25, 0.3) is 0 Å². The number of nitrogens with zero attached hydrogens (tertiary/aromatic N) is 3. The van der Waals surface area contributed by atoms with Crippen LogP contribution in [0.4, 0.5) is 5.82 Å². The van der Waals surface area contributed by atoms with Crippen LogP contribution in [0.2, 0.25) is 0 Å². The van der Waals surface area contributed by atoms with Crippen molar-refractivity contribution in [2.75, 3.05) is 5.32 Å². The zero-order valence-corrected chi connectivity index (χ0v) is 11.0. The minimum atomic E-state index is 0.118. The third-order valence-electron chi connectivity index (χ3n) is 2.92. The molecule has 4 N–H and O–H groups in total. The van der Waals surface area contributed by atoms with Crippen LogP contribution in [0.1, 0.15) is 16.7 Å². The van der Waals surface area contributed by atoms with E-state index in [2.05, 4.69) is 15.6 Å². The lowest BCUT2D eigenvalue weighted by atomic mass is 10.0. The Morgan fingerprint density at radius 3 is 2.84 bits per heavy atom. The molecule has 0 fully saturated rings. The van der Waals surface area contributed by atoms with E-state index in [1.165, 1.54) is 0 Å². The minimum absolute atomic E-state index is 0.118. The Morgan fingerprint density at radius 1 is 1.47 bits per heavy atom. The molecule has 2 aromatic rings. The predicted molar refractivity (Wildman–Crippen MR) is 74.2 cm³/mol. The van der Waals surface area contributed by atoms with E-state index in [1.807, 2.05) is 44.4 Å². The van der Waals surface area contributed by atoms with E-state index in [0.29, 0.717) is 12.1 Å². The zero-order chi connectivity index (χ0) is 13.8. The molecule has 0 spiro atoms. The van der Waals surface area contributed by atoms with Crippen LogP contribution in [0.25, 0.3) is 0 Å². The molecule has 0 saturated carbocycles. The summed E-state index contributed by atoms with van der Waals surface area (Å²) in [6.07, 6.45) is 1.89.